The quantitative estimate of drug-likeness (QED) is 0.384. The third-order valence-electron chi connectivity index (χ3n) is 4.40. The molecule has 10 heteroatoms. The number of rotatable bonds is 8. The number of esters is 2. The number of hydrogen-bond donors (Lipinski definition) is 1. The van der Waals surface area contributed by atoms with Crippen LogP contribution in [0.1, 0.15) is 28.3 Å². The zero-order valence-corrected chi connectivity index (χ0v) is 16.9. The number of hydrogen-bond acceptors (Lipinski definition) is 7. The molecule has 0 saturated heterocycles. The van der Waals surface area contributed by atoms with Crippen LogP contribution in [0.2, 0.25) is 5.02 Å². The van der Waals surface area contributed by atoms with E-state index in [4.69, 9.17) is 21.1 Å². The summed E-state index contributed by atoms with van der Waals surface area (Å²) >= 11 is 5.83. The molecule has 2 rings (SSSR count). The van der Waals surface area contributed by atoms with Crippen molar-refractivity contribution < 1.29 is 28.8 Å². The van der Waals surface area contributed by atoms with Gasteiger partial charge in [-0.05, 0) is 29.8 Å². The van der Waals surface area contributed by atoms with Crippen molar-refractivity contribution in [2.24, 2.45) is 0 Å². The Morgan fingerprint density at radius 3 is 2.13 bits per heavy atom. The van der Waals surface area contributed by atoms with Crippen LogP contribution < -0.4 is 5.32 Å². The normalized spacial score (nSPS) is 12.4. The number of nitro groups is 1. The molecule has 0 aliphatic rings. The molecule has 2 aromatic rings. The Morgan fingerprint density at radius 1 is 1.03 bits per heavy atom. The van der Waals surface area contributed by atoms with Gasteiger partial charge in [0.2, 0.25) is 0 Å². The van der Waals surface area contributed by atoms with Gasteiger partial charge in [-0.3, -0.25) is 19.7 Å². The average molecular weight is 435 g/mol. The topological polar surface area (TPSA) is 125 Å². The molecule has 9 nitrogen and oxygen atoms in total. The van der Waals surface area contributed by atoms with Crippen molar-refractivity contribution >= 4 is 35.1 Å². The van der Waals surface area contributed by atoms with Gasteiger partial charge in [0, 0.05) is 28.6 Å². The fraction of sp³-hybridized carbons (Fsp3) is 0.250. The fourth-order valence-corrected chi connectivity index (χ4v) is 2.94. The first-order valence-electron chi connectivity index (χ1n) is 8.72. The summed E-state index contributed by atoms with van der Waals surface area (Å²) in [6, 6.07) is 10.1. The number of ether oxygens (including phenoxy) is 2. The van der Waals surface area contributed by atoms with Crippen LogP contribution in [0.3, 0.4) is 0 Å². The molecule has 0 aromatic heterocycles. The lowest BCUT2D eigenvalue weighted by atomic mass is 9.88. The van der Waals surface area contributed by atoms with Crippen molar-refractivity contribution in [1.82, 2.24) is 5.32 Å². The maximum Gasteiger partial charge on any atom is 0.329 e. The van der Waals surface area contributed by atoms with Gasteiger partial charge in [0.1, 0.15) is 6.04 Å². The predicted octanol–water partition coefficient (Wildman–Crippen LogP) is 2.87. The van der Waals surface area contributed by atoms with Crippen molar-refractivity contribution in [3.63, 3.8) is 0 Å². The predicted molar refractivity (Wildman–Crippen MR) is 107 cm³/mol. The van der Waals surface area contributed by atoms with E-state index in [1.54, 1.807) is 0 Å². The van der Waals surface area contributed by atoms with Gasteiger partial charge < -0.3 is 14.8 Å². The highest BCUT2D eigenvalue weighted by molar-refractivity contribution is 6.30. The maximum atomic E-state index is 12.7. The minimum Gasteiger partial charge on any atom is -0.469 e. The summed E-state index contributed by atoms with van der Waals surface area (Å²) in [5, 5.41) is 13.9. The van der Waals surface area contributed by atoms with E-state index in [0.29, 0.717) is 10.6 Å². The van der Waals surface area contributed by atoms with Gasteiger partial charge in [0.05, 0.1) is 25.6 Å². The van der Waals surface area contributed by atoms with Gasteiger partial charge in [0.15, 0.2) is 0 Å². The number of nitrogens with zero attached hydrogens (tertiary/aromatic N) is 1. The van der Waals surface area contributed by atoms with E-state index in [-0.39, 0.29) is 17.7 Å². The summed E-state index contributed by atoms with van der Waals surface area (Å²) in [5.74, 6) is -2.89. The van der Waals surface area contributed by atoms with Crippen LogP contribution >= 0.6 is 11.6 Å². The molecule has 1 amide bonds. The molecule has 0 radical (unpaired) electrons. The van der Waals surface area contributed by atoms with Crippen molar-refractivity contribution in [3.05, 3.63) is 74.8 Å². The lowest BCUT2D eigenvalue weighted by Gasteiger charge is -2.26. The lowest BCUT2D eigenvalue weighted by molar-refractivity contribution is -0.384. The standard InChI is InChI=1S/C20H19ClN2O7/c1-29-17(24)11-16(12-5-9-15(10-6-12)23(27)28)18(20(26)30-2)22-19(25)13-3-7-14(21)8-4-13/h3-10,16,18H,11H2,1-2H3,(H,22,25)/t16-,18+/m1/s1. The highest BCUT2D eigenvalue weighted by Crippen LogP contribution is 2.27. The van der Waals surface area contributed by atoms with E-state index in [2.05, 4.69) is 5.32 Å². The third-order valence-corrected chi connectivity index (χ3v) is 4.65. The minimum atomic E-state index is -1.25. The third kappa shape index (κ3) is 5.77. The number of carbonyl (C=O) groups is 3. The van der Waals surface area contributed by atoms with Crippen LogP contribution in [0.15, 0.2) is 48.5 Å². The fourth-order valence-electron chi connectivity index (χ4n) is 2.81. The Balaban J connectivity index is 2.40. The molecule has 0 aliphatic carbocycles. The first-order chi connectivity index (χ1) is 14.3. The van der Waals surface area contributed by atoms with E-state index in [1.807, 2.05) is 0 Å². The zero-order valence-electron chi connectivity index (χ0n) is 16.2. The van der Waals surface area contributed by atoms with E-state index in [9.17, 15) is 24.5 Å². The summed E-state index contributed by atoms with van der Waals surface area (Å²) in [6.45, 7) is 0. The summed E-state index contributed by atoms with van der Waals surface area (Å²) < 4.78 is 9.52. The molecule has 2 aromatic carbocycles. The number of benzene rings is 2. The van der Waals surface area contributed by atoms with Crippen molar-refractivity contribution in [2.45, 2.75) is 18.4 Å². The maximum absolute atomic E-state index is 12.7. The number of nitrogens with one attached hydrogen (secondary N) is 1. The summed E-state index contributed by atoms with van der Waals surface area (Å²) in [5.41, 5.74) is 0.502. The molecule has 0 unspecified atom stereocenters. The largest absolute Gasteiger partial charge is 0.469 e. The van der Waals surface area contributed by atoms with Crippen LogP contribution in [-0.4, -0.2) is 43.0 Å². The molecule has 0 bridgehead atoms. The number of halogens is 1. The summed E-state index contributed by atoms with van der Waals surface area (Å²) in [7, 11) is 2.34. The Kier molecular flexibility index (Phi) is 7.88. The Bertz CT molecular complexity index is 929. The molecule has 0 saturated carbocycles. The second-order valence-electron chi connectivity index (χ2n) is 6.22. The van der Waals surface area contributed by atoms with E-state index >= 15 is 0 Å². The molecular weight excluding hydrogens is 416 g/mol. The monoisotopic (exact) mass is 434 g/mol. The van der Waals surface area contributed by atoms with E-state index < -0.39 is 34.7 Å². The number of non-ortho nitro benzene ring substituents is 1. The molecule has 0 fully saturated rings. The van der Waals surface area contributed by atoms with Gasteiger partial charge in [-0.1, -0.05) is 23.7 Å². The second-order valence-corrected chi connectivity index (χ2v) is 6.65. The molecule has 0 heterocycles. The summed E-state index contributed by atoms with van der Waals surface area (Å²) in [4.78, 5) is 47.4. The highest BCUT2D eigenvalue weighted by atomic mass is 35.5. The van der Waals surface area contributed by atoms with Crippen LogP contribution in [-0.2, 0) is 19.1 Å². The lowest BCUT2D eigenvalue weighted by Crippen LogP contribution is -2.46. The molecule has 30 heavy (non-hydrogen) atoms. The Labute approximate surface area is 177 Å². The summed E-state index contributed by atoms with van der Waals surface area (Å²) in [6.07, 6.45) is -0.269. The van der Waals surface area contributed by atoms with Gasteiger partial charge in [-0.15, -0.1) is 0 Å². The molecule has 1 N–H and O–H groups in total. The number of amides is 1. The average Bonchev–Trinajstić information content (AvgIpc) is 2.75. The zero-order chi connectivity index (χ0) is 22.3. The van der Waals surface area contributed by atoms with E-state index in [1.165, 1.54) is 55.6 Å². The SMILES string of the molecule is COC(=O)C[C@H](c1ccc([N+](=O)[O-])cc1)[C@H](NC(=O)c1ccc(Cl)cc1)C(=O)OC. The minimum absolute atomic E-state index is 0.157. The first-order valence-corrected chi connectivity index (χ1v) is 9.10. The number of methoxy groups -OCH3 is 2. The van der Waals surface area contributed by atoms with Gasteiger partial charge in [-0.25, -0.2) is 4.79 Å². The number of carbonyl (C=O) groups excluding carboxylic acids is 3. The van der Waals surface area contributed by atoms with Crippen molar-refractivity contribution in [2.75, 3.05) is 14.2 Å². The second kappa shape index (κ2) is 10.4. The molecule has 0 aliphatic heterocycles. The smallest absolute Gasteiger partial charge is 0.329 e. The van der Waals surface area contributed by atoms with Crippen molar-refractivity contribution in [1.29, 1.82) is 0 Å². The van der Waals surface area contributed by atoms with E-state index in [0.717, 1.165) is 7.11 Å². The number of nitro benzene ring substituents is 1. The highest BCUT2D eigenvalue weighted by Gasteiger charge is 2.34. The Hall–Kier alpha value is -3.46. The molecule has 2 atom stereocenters. The molecule has 0 spiro atoms. The van der Waals surface area contributed by atoms with Crippen LogP contribution in [0.5, 0.6) is 0 Å². The van der Waals surface area contributed by atoms with Gasteiger partial charge >= 0.3 is 11.9 Å². The van der Waals surface area contributed by atoms with Crippen LogP contribution in [0.4, 0.5) is 5.69 Å². The van der Waals surface area contributed by atoms with Gasteiger partial charge in [-0.2, -0.15) is 0 Å². The van der Waals surface area contributed by atoms with Crippen molar-refractivity contribution in [3.8, 4) is 0 Å². The Morgan fingerprint density at radius 2 is 1.63 bits per heavy atom. The van der Waals surface area contributed by atoms with Crippen LogP contribution in [0.25, 0.3) is 0 Å². The molecule has 158 valence electrons. The first kappa shape index (κ1) is 22.8. The molecular formula is C20H19ClN2O7. The van der Waals surface area contributed by atoms with Gasteiger partial charge in [0.25, 0.3) is 11.6 Å². The van der Waals surface area contributed by atoms with Crippen LogP contribution in [0, 0.1) is 10.1 Å².